The summed E-state index contributed by atoms with van der Waals surface area (Å²) in [6, 6.07) is 0. The van der Waals surface area contributed by atoms with Gasteiger partial charge in [0.25, 0.3) is 0 Å². The van der Waals surface area contributed by atoms with Gasteiger partial charge in [-0.25, -0.2) is 0 Å². The van der Waals surface area contributed by atoms with Crippen LogP contribution in [0.2, 0.25) is 0 Å². The van der Waals surface area contributed by atoms with Gasteiger partial charge in [-0.2, -0.15) is 0 Å². The summed E-state index contributed by atoms with van der Waals surface area (Å²) < 4.78 is 1.56. The van der Waals surface area contributed by atoms with Crippen molar-refractivity contribution >= 4 is 5.78 Å². The number of hydrogen-bond donors (Lipinski definition) is 1. The summed E-state index contributed by atoms with van der Waals surface area (Å²) in [6.45, 7) is 0.594. The lowest BCUT2D eigenvalue weighted by Gasteiger charge is -2.28. The lowest BCUT2D eigenvalue weighted by atomic mass is 9.76. The monoisotopic (exact) mass is 222 g/mol. The maximum Gasteiger partial charge on any atom is 0.188 e. The molecule has 2 unspecified atom stereocenters. The van der Waals surface area contributed by atoms with Gasteiger partial charge in [0.2, 0.25) is 0 Å². The SMILES string of the molecule is Cn1cc(C(=O)C2CCCCC2CN)nn1. The van der Waals surface area contributed by atoms with Crippen molar-refractivity contribution in [2.75, 3.05) is 6.54 Å². The Balaban J connectivity index is 2.13. The third-order valence-corrected chi connectivity index (χ3v) is 3.40. The Kier molecular flexibility index (Phi) is 3.33. The van der Waals surface area contributed by atoms with E-state index in [-0.39, 0.29) is 11.7 Å². The topological polar surface area (TPSA) is 73.8 Å². The molecule has 0 aliphatic heterocycles. The van der Waals surface area contributed by atoms with Crippen LogP contribution in [0.5, 0.6) is 0 Å². The van der Waals surface area contributed by atoms with Crippen LogP contribution < -0.4 is 5.73 Å². The highest BCUT2D eigenvalue weighted by Crippen LogP contribution is 2.31. The third-order valence-electron chi connectivity index (χ3n) is 3.40. The highest BCUT2D eigenvalue weighted by molar-refractivity contribution is 5.96. The Morgan fingerprint density at radius 1 is 1.56 bits per heavy atom. The van der Waals surface area contributed by atoms with Gasteiger partial charge in [-0.1, -0.05) is 18.1 Å². The van der Waals surface area contributed by atoms with Crippen molar-refractivity contribution in [3.05, 3.63) is 11.9 Å². The van der Waals surface area contributed by atoms with Crippen molar-refractivity contribution in [3.63, 3.8) is 0 Å². The van der Waals surface area contributed by atoms with Crippen LogP contribution in [-0.2, 0) is 7.05 Å². The van der Waals surface area contributed by atoms with Gasteiger partial charge in [0.15, 0.2) is 5.78 Å². The quantitative estimate of drug-likeness (QED) is 0.766. The molecule has 2 rings (SSSR count). The van der Waals surface area contributed by atoms with Gasteiger partial charge >= 0.3 is 0 Å². The Morgan fingerprint density at radius 3 is 2.94 bits per heavy atom. The normalized spacial score (nSPS) is 25.6. The lowest BCUT2D eigenvalue weighted by Crippen LogP contribution is -2.32. The molecule has 2 atom stereocenters. The smallest absolute Gasteiger partial charge is 0.188 e. The lowest BCUT2D eigenvalue weighted by molar-refractivity contribution is 0.0824. The number of nitrogens with zero attached hydrogens (tertiary/aromatic N) is 3. The number of aromatic nitrogens is 3. The molecule has 1 aliphatic carbocycles. The van der Waals surface area contributed by atoms with E-state index in [0.29, 0.717) is 18.2 Å². The van der Waals surface area contributed by atoms with Crippen molar-refractivity contribution < 1.29 is 4.79 Å². The van der Waals surface area contributed by atoms with Crippen LogP contribution in [0.1, 0.15) is 36.2 Å². The average Bonchev–Trinajstić information content (AvgIpc) is 2.75. The summed E-state index contributed by atoms with van der Waals surface area (Å²) in [7, 11) is 1.77. The number of hydrogen-bond acceptors (Lipinski definition) is 4. The van der Waals surface area contributed by atoms with Crippen LogP contribution in [0.15, 0.2) is 6.20 Å². The molecule has 2 N–H and O–H groups in total. The molecule has 0 spiro atoms. The highest BCUT2D eigenvalue weighted by Gasteiger charge is 2.31. The minimum absolute atomic E-state index is 0.0513. The number of Topliss-reactive ketones (excluding diaryl/α,β-unsaturated/α-hetero) is 1. The molecule has 1 aliphatic rings. The fourth-order valence-corrected chi connectivity index (χ4v) is 2.49. The standard InChI is InChI=1S/C11H18N4O/c1-15-7-10(13-14-15)11(16)9-5-3-2-4-8(9)6-12/h7-9H,2-6,12H2,1H3. The van der Waals surface area contributed by atoms with E-state index in [9.17, 15) is 4.79 Å². The zero-order chi connectivity index (χ0) is 11.5. The van der Waals surface area contributed by atoms with Crippen LogP contribution in [-0.4, -0.2) is 27.3 Å². The molecule has 1 aromatic rings. The summed E-state index contributed by atoms with van der Waals surface area (Å²) in [6.07, 6.45) is 5.99. The fourth-order valence-electron chi connectivity index (χ4n) is 2.49. The Morgan fingerprint density at radius 2 is 2.31 bits per heavy atom. The molecule has 1 fully saturated rings. The summed E-state index contributed by atoms with van der Waals surface area (Å²) in [5, 5.41) is 7.68. The minimum Gasteiger partial charge on any atom is -0.330 e. The second kappa shape index (κ2) is 4.74. The maximum atomic E-state index is 12.2. The van der Waals surface area contributed by atoms with Gasteiger partial charge in [0.1, 0.15) is 5.69 Å². The number of carbonyl (C=O) groups excluding carboxylic acids is 1. The largest absolute Gasteiger partial charge is 0.330 e. The summed E-state index contributed by atoms with van der Waals surface area (Å²) in [5.41, 5.74) is 6.20. The van der Waals surface area contributed by atoms with Gasteiger partial charge < -0.3 is 5.73 Å². The van der Waals surface area contributed by atoms with E-state index >= 15 is 0 Å². The predicted molar refractivity (Wildman–Crippen MR) is 59.8 cm³/mol. The first-order valence-corrected chi connectivity index (χ1v) is 5.83. The first-order valence-electron chi connectivity index (χ1n) is 5.83. The van der Waals surface area contributed by atoms with Crippen LogP contribution >= 0.6 is 0 Å². The van der Waals surface area contributed by atoms with Gasteiger partial charge in [0.05, 0.1) is 6.20 Å². The van der Waals surface area contributed by atoms with Gasteiger partial charge in [-0.3, -0.25) is 9.48 Å². The third kappa shape index (κ3) is 2.14. The molecular weight excluding hydrogens is 204 g/mol. The molecule has 5 nitrogen and oxygen atoms in total. The molecule has 5 heteroatoms. The Labute approximate surface area is 95.0 Å². The number of aryl methyl sites for hydroxylation is 1. The van der Waals surface area contributed by atoms with E-state index in [2.05, 4.69) is 10.3 Å². The van der Waals surface area contributed by atoms with E-state index in [4.69, 9.17) is 5.73 Å². The first kappa shape index (κ1) is 11.3. The van der Waals surface area contributed by atoms with E-state index in [1.807, 2.05) is 0 Å². The second-order valence-electron chi connectivity index (χ2n) is 4.53. The van der Waals surface area contributed by atoms with E-state index < -0.39 is 0 Å². The number of rotatable bonds is 3. The van der Waals surface area contributed by atoms with Crippen molar-refractivity contribution in [1.29, 1.82) is 0 Å². The molecule has 0 radical (unpaired) electrons. The maximum absolute atomic E-state index is 12.2. The van der Waals surface area contributed by atoms with Gasteiger partial charge in [-0.05, 0) is 25.3 Å². The number of carbonyl (C=O) groups is 1. The number of nitrogens with two attached hydrogens (primary N) is 1. The molecule has 0 bridgehead atoms. The van der Waals surface area contributed by atoms with Crippen LogP contribution in [0.3, 0.4) is 0 Å². The molecule has 1 saturated carbocycles. The summed E-state index contributed by atoms with van der Waals surface area (Å²) >= 11 is 0. The molecular formula is C11H18N4O. The van der Waals surface area contributed by atoms with Gasteiger partial charge in [-0.15, -0.1) is 5.10 Å². The van der Waals surface area contributed by atoms with Crippen molar-refractivity contribution in [2.24, 2.45) is 24.6 Å². The van der Waals surface area contributed by atoms with E-state index in [1.54, 1.807) is 17.9 Å². The Bertz CT molecular complexity index is 374. The molecule has 0 amide bonds. The van der Waals surface area contributed by atoms with Gasteiger partial charge in [0, 0.05) is 13.0 Å². The molecule has 0 aromatic carbocycles. The summed E-state index contributed by atoms with van der Waals surface area (Å²) in [4.78, 5) is 12.2. The molecule has 1 aromatic heterocycles. The zero-order valence-corrected chi connectivity index (χ0v) is 9.59. The molecule has 16 heavy (non-hydrogen) atoms. The average molecular weight is 222 g/mol. The first-order chi connectivity index (χ1) is 7.72. The predicted octanol–water partition coefficient (Wildman–Crippen LogP) is 0.763. The van der Waals surface area contributed by atoms with Crippen LogP contribution in [0.25, 0.3) is 0 Å². The van der Waals surface area contributed by atoms with Crippen LogP contribution in [0, 0.1) is 11.8 Å². The minimum atomic E-state index is 0.0513. The fraction of sp³-hybridized carbons (Fsp3) is 0.727. The highest BCUT2D eigenvalue weighted by atomic mass is 16.1. The Hall–Kier alpha value is -1.23. The molecule has 1 heterocycles. The summed E-state index contributed by atoms with van der Waals surface area (Å²) in [5.74, 6) is 0.488. The van der Waals surface area contributed by atoms with Crippen LogP contribution in [0.4, 0.5) is 0 Å². The number of ketones is 1. The molecule has 88 valence electrons. The zero-order valence-electron chi connectivity index (χ0n) is 9.59. The van der Waals surface area contributed by atoms with Crippen molar-refractivity contribution in [3.8, 4) is 0 Å². The van der Waals surface area contributed by atoms with E-state index in [1.165, 1.54) is 6.42 Å². The van der Waals surface area contributed by atoms with Crippen molar-refractivity contribution in [1.82, 2.24) is 15.0 Å². The van der Waals surface area contributed by atoms with E-state index in [0.717, 1.165) is 19.3 Å². The second-order valence-corrected chi connectivity index (χ2v) is 4.53. The molecule has 0 saturated heterocycles. The van der Waals surface area contributed by atoms with Crippen molar-refractivity contribution in [2.45, 2.75) is 25.7 Å².